The van der Waals surface area contributed by atoms with Crippen LogP contribution in [0.3, 0.4) is 0 Å². The van der Waals surface area contributed by atoms with Crippen molar-refractivity contribution >= 4 is 15.9 Å². The van der Waals surface area contributed by atoms with E-state index >= 15 is 0 Å². The molecule has 25 heavy (non-hydrogen) atoms. The summed E-state index contributed by atoms with van der Waals surface area (Å²) in [5.74, 6) is -3.39. The highest BCUT2D eigenvalue weighted by Gasteiger charge is 2.26. The highest BCUT2D eigenvalue weighted by atomic mass is 79.9. The molecule has 0 amide bonds. The monoisotopic (exact) mass is 416 g/mol. The normalized spacial score (nSPS) is 17.6. The summed E-state index contributed by atoms with van der Waals surface area (Å²) in [6.45, 7) is 2.76. The summed E-state index contributed by atoms with van der Waals surface area (Å²) in [6.07, 6.45) is 0. The van der Waals surface area contributed by atoms with E-state index in [1.807, 2.05) is 9.80 Å². The first-order valence-corrected chi connectivity index (χ1v) is 8.86. The molecule has 0 N–H and O–H groups in total. The van der Waals surface area contributed by atoms with Crippen LogP contribution in [0.4, 0.5) is 17.6 Å². The maximum absolute atomic E-state index is 13.9. The first-order chi connectivity index (χ1) is 12.0. The van der Waals surface area contributed by atoms with Gasteiger partial charge in [-0.2, -0.15) is 0 Å². The number of hydrogen-bond donors (Lipinski definition) is 0. The van der Waals surface area contributed by atoms with E-state index < -0.39 is 28.2 Å². The molecule has 3 rings (SSSR count). The van der Waals surface area contributed by atoms with Gasteiger partial charge in [0.25, 0.3) is 0 Å². The summed E-state index contributed by atoms with van der Waals surface area (Å²) in [5, 5.41) is 0. The molecule has 2 aromatic carbocycles. The zero-order valence-corrected chi connectivity index (χ0v) is 14.9. The second kappa shape index (κ2) is 7.85. The van der Waals surface area contributed by atoms with Crippen molar-refractivity contribution in [2.24, 2.45) is 0 Å². The zero-order chi connectivity index (χ0) is 18.0. The van der Waals surface area contributed by atoms with Crippen LogP contribution >= 0.6 is 15.9 Å². The second-order valence-electron chi connectivity index (χ2n) is 6.00. The molecule has 1 fully saturated rings. The van der Waals surface area contributed by atoms with Crippen LogP contribution in [0.2, 0.25) is 0 Å². The van der Waals surface area contributed by atoms with Gasteiger partial charge in [0.2, 0.25) is 0 Å². The molecule has 0 radical (unpaired) electrons. The summed E-state index contributed by atoms with van der Waals surface area (Å²) < 4.78 is 54.4. The Morgan fingerprint density at radius 2 is 1.44 bits per heavy atom. The van der Waals surface area contributed by atoms with E-state index in [-0.39, 0.29) is 5.56 Å². The Morgan fingerprint density at radius 3 is 2.12 bits per heavy atom. The van der Waals surface area contributed by atoms with E-state index in [0.29, 0.717) is 38.3 Å². The minimum atomic E-state index is -0.873. The molecule has 2 aromatic rings. The van der Waals surface area contributed by atoms with Crippen LogP contribution < -0.4 is 0 Å². The maximum Gasteiger partial charge on any atom is 0.164 e. The van der Waals surface area contributed by atoms with E-state index in [9.17, 15) is 17.6 Å². The molecule has 0 aliphatic carbocycles. The van der Waals surface area contributed by atoms with E-state index in [1.54, 1.807) is 12.1 Å². The lowest BCUT2D eigenvalue weighted by Gasteiger charge is -2.37. The standard InChI is InChI=1S/C18H17BrF4N2/c19-18(13-4-2-6-15(21)17(13)23)25-9-7-24(8-10-25)11-12-3-1-5-14(20)16(12)22/h1-6,18H,7-11H2. The molecule has 1 heterocycles. The number of hydrogen-bond acceptors (Lipinski definition) is 2. The quantitative estimate of drug-likeness (QED) is 0.412. The van der Waals surface area contributed by atoms with Gasteiger partial charge in [-0.1, -0.05) is 40.2 Å². The minimum absolute atomic E-state index is 0.254. The van der Waals surface area contributed by atoms with Crippen molar-refractivity contribution in [1.29, 1.82) is 0 Å². The maximum atomic E-state index is 13.9. The minimum Gasteiger partial charge on any atom is -0.296 e. The third-order valence-electron chi connectivity index (χ3n) is 4.39. The second-order valence-corrected chi connectivity index (χ2v) is 6.87. The SMILES string of the molecule is Fc1cccc(CN2CCN(C(Br)c3cccc(F)c3F)CC2)c1F. The average Bonchev–Trinajstić information content (AvgIpc) is 2.61. The Morgan fingerprint density at radius 1 is 0.840 bits per heavy atom. The highest BCUT2D eigenvalue weighted by molar-refractivity contribution is 9.09. The van der Waals surface area contributed by atoms with Gasteiger partial charge in [0.1, 0.15) is 0 Å². The number of nitrogens with zero attached hydrogens (tertiary/aromatic N) is 2. The predicted molar refractivity (Wildman–Crippen MR) is 91.2 cm³/mol. The molecule has 1 atom stereocenters. The first-order valence-electron chi connectivity index (χ1n) is 7.94. The van der Waals surface area contributed by atoms with E-state index in [1.165, 1.54) is 12.1 Å². The van der Waals surface area contributed by atoms with Gasteiger partial charge in [0, 0.05) is 43.9 Å². The van der Waals surface area contributed by atoms with Crippen molar-refractivity contribution in [3.8, 4) is 0 Å². The van der Waals surface area contributed by atoms with E-state index in [2.05, 4.69) is 15.9 Å². The van der Waals surface area contributed by atoms with Gasteiger partial charge in [0.15, 0.2) is 23.3 Å². The average molecular weight is 417 g/mol. The molecule has 2 nitrogen and oxygen atoms in total. The Hall–Kier alpha value is -1.44. The largest absolute Gasteiger partial charge is 0.296 e. The fraction of sp³-hybridized carbons (Fsp3) is 0.333. The smallest absolute Gasteiger partial charge is 0.164 e. The molecule has 0 saturated carbocycles. The van der Waals surface area contributed by atoms with Crippen LogP contribution in [-0.2, 0) is 6.54 Å². The molecule has 1 aliphatic heterocycles. The van der Waals surface area contributed by atoms with Crippen LogP contribution in [0, 0.1) is 23.3 Å². The molecular formula is C18H17BrF4N2. The van der Waals surface area contributed by atoms with Crippen LogP contribution in [-0.4, -0.2) is 36.0 Å². The van der Waals surface area contributed by atoms with Gasteiger partial charge >= 0.3 is 0 Å². The van der Waals surface area contributed by atoms with Gasteiger partial charge < -0.3 is 0 Å². The third-order valence-corrected chi connectivity index (χ3v) is 5.46. The van der Waals surface area contributed by atoms with E-state index in [0.717, 1.165) is 12.1 Å². The van der Waals surface area contributed by atoms with Crippen molar-refractivity contribution in [1.82, 2.24) is 9.80 Å². The number of alkyl halides is 1. The lowest BCUT2D eigenvalue weighted by atomic mass is 10.1. The topological polar surface area (TPSA) is 6.48 Å². The van der Waals surface area contributed by atoms with Gasteiger partial charge in [-0.3, -0.25) is 9.80 Å². The number of rotatable bonds is 4. The molecular weight excluding hydrogens is 400 g/mol. The molecule has 0 spiro atoms. The van der Waals surface area contributed by atoms with E-state index in [4.69, 9.17) is 0 Å². The number of piperazine rings is 1. The molecule has 134 valence electrons. The summed E-state index contributed by atoms with van der Waals surface area (Å²) >= 11 is 3.43. The highest BCUT2D eigenvalue weighted by Crippen LogP contribution is 2.31. The summed E-state index contributed by atoms with van der Waals surface area (Å²) in [6, 6.07) is 8.27. The van der Waals surface area contributed by atoms with Crippen molar-refractivity contribution in [3.63, 3.8) is 0 Å². The fourth-order valence-electron chi connectivity index (χ4n) is 2.96. The van der Waals surface area contributed by atoms with Crippen LogP contribution in [0.25, 0.3) is 0 Å². The molecule has 7 heteroatoms. The number of halogens is 5. The first kappa shape index (κ1) is 18.4. The zero-order valence-electron chi connectivity index (χ0n) is 13.4. The van der Waals surface area contributed by atoms with Crippen molar-refractivity contribution < 1.29 is 17.6 Å². The predicted octanol–water partition coefficient (Wildman–Crippen LogP) is 4.45. The van der Waals surface area contributed by atoms with Gasteiger partial charge in [-0.05, 0) is 12.1 Å². The molecule has 1 unspecified atom stereocenters. The third kappa shape index (κ3) is 4.04. The summed E-state index contributed by atoms with van der Waals surface area (Å²) in [5.41, 5.74) is 0.574. The molecule has 1 saturated heterocycles. The van der Waals surface area contributed by atoms with Gasteiger partial charge in [-0.15, -0.1) is 0 Å². The Kier molecular flexibility index (Phi) is 5.76. The van der Waals surface area contributed by atoms with Crippen LogP contribution in [0.1, 0.15) is 16.1 Å². The van der Waals surface area contributed by atoms with Gasteiger partial charge in [-0.25, -0.2) is 17.6 Å². The van der Waals surface area contributed by atoms with Crippen LogP contribution in [0.15, 0.2) is 36.4 Å². The number of benzene rings is 2. The van der Waals surface area contributed by atoms with Crippen LogP contribution in [0.5, 0.6) is 0 Å². The molecule has 1 aliphatic rings. The lowest BCUT2D eigenvalue weighted by Crippen LogP contribution is -2.46. The van der Waals surface area contributed by atoms with Crippen molar-refractivity contribution in [2.75, 3.05) is 26.2 Å². The molecule has 0 bridgehead atoms. The summed E-state index contributed by atoms with van der Waals surface area (Å²) in [7, 11) is 0. The lowest BCUT2D eigenvalue weighted by molar-refractivity contribution is 0.118. The Bertz CT molecular complexity index is 748. The van der Waals surface area contributed by atoms with Gasteiger partial charge in [0.05, 0.1) is 4.95 Å². The Balaban J connectivity index is 1.62. The summed E-state index contributed by atoms with van der Waals surface area (Å²) in [4.78, 5) is 3.56. The fourth-order valence-corrected chi connectivity index (χ4v) is 3.72. The van der Waals surface area contributed by atoms with Crippen molar-refractivity contribution in [2.45, 2.75) is 11.5 Å². The Labute approximate surface area is 152 Å². The van der Waals surface area contributed by atoms with Crippen molar-refractivity contribution in [3.05, 3.63) is 70.8 Å². The molecule has 0 aromatic heterocycles.